The maximum atomic E-state index is 5.48. The van der Waals surface area contributed by atoms with Gasteiger partial charge in [-0.3, -0.25) is 0 Å². The molecule has 1 aliphatic rings. The molecule has 0 amide bonds. The molecule has 0 aliphatic carbocycles. The quantitative estimate of drug-likeness (QED) is 0.695. The second kappa shape index (κ2) is 3.77. The highest BCUT2D eigenvalue weighted by atomic mass is 16.6. The van der Waals surface area contributed by atoms with E-state index in [1.807, 2.05) is 30.3 Å². The van der Waals surface area contributed by atoms with Crippen molar-refractivity contribution in [2.45, 2.75) is 12.2 Å². The molecule has 3 nitrogen and oxygen atoms in total. The van der Waals surface area contributed by atoms with Gasteiger partial charge in [0.15, 0.2) is 0 Å². The van der Waals surface area contributed by atoms with Crippen molar-refractivity contribution in [1.82, 2.24) is 0 Å². The smallest absolute Gasteiger partial charge is 0.119 e. The minimum Gasteiger partial charge on any atom is -0.491 e. The predicted molar refractivity (Wildman–Crippen MR) is 49.7 cm³/mol. The third kappa shape index (κ3) is 2.20. The van der Waals surface area contributed by atoms with Crippen LogP contribution in [0.3, 0.4) is 0 Å². The number of hydrogen-bond acceptors (Lipinski definition) is 3. The Kier molecular flexibility index (Phi) is 2.47. The molecular formula is C10H13NO2. The third-order valence-electron chi connectivity index (χ3n) is 2.08. The van der Waals surface area contributed by atoms with Crippen molar-refractivity contribution in [3.63, 3.8) is 0 Å². The van der Waals surface area contributed by atoms with Crippen molar-refractivity contribution in [3.8, 4) is 5.75 Å². The molecule has 0 saturated carbocycles. The summed E-state index contributed by atoms with van der Waals surface area (Å²) in [5.41, 5.74) is 5.41. The summed E-state index contributed by atoms with van der Waals surface area (Å²) in [5.74, 6) is 0.883. The minimum absolute atomic E-state index is 0.199. The first-order chi connectivity index (χ1) is 6.40. The van der Waals surface area contributed by atoms with Crippen LogP contribution in [0.5, 0.6) is 5.75 Å². The van der Waals surface area contributed by atoms with Gasteiger partial charge in [-0.25, -0.2) is 0 Å². The molecule has 1 aromatic carbocycles. The Balaban J connectivity index is 1.75. The molecular weight excluding hydrogens is 166 g/mol. The molecule has 1 heterocycles. The Morgan fingerprint density at radius 2 is 2.00 bits per heavy atom. The van der Waals surface area contributed by atoms with Gasteiger partial charge in [0.05, 0.1) is 6.10 Å². The van der Waals surface area contributed by atoms with Crippen molar-refractivity contribution >= 4 is 0 Å². The topological polar surface area (TPSA) is 47.8 Å². The van der Waals surface area contributed by atoms with E-state index in [-0.39, 0.29) is 12.2 Å². The van der Waals surface area contributed by atoms with Crippen LogP contribution in [0.25, 0.3) is 0 Å². The summed E-state index contributed by atoms with van der Waals surface area (Å²) in [4.78, 5) is 0. The molecule has 2 N–H and O–H groups in total. The van der Waals surface area contributed by atoms with Crippen LogP contribution in [0.15, 0.2) is 30.3 Å². The molecule has 0 aromatic heterocycles. The molecule has 1 aliphatic heterocycles. The number of para-hydroxylation sites is 1. The average Bonchev–Trinajstić information content (AvgIpc) is 2.95. The molecule has 3 heteroatoms. The SMILES string of the molecule is NCC1OC1COc1ccccc1. The van der Waals surface area contributed by atoms with Crippen LogP contribution >= 0.6 is 0 Å². The van der Waals surface area contributed by atoms with Gasteiger partial charge in [-0.05, 0) is 12.1 Å². The standard InChI is InChI=1S/C10H13NO2/c11-6-9-10(13-9)7-12-8-4-2-1-3-5-8/h1-5,9-10H,6-7,11H2. The van der Waals surface area contributed by atoms with E-state index in [1.54, 1.807) is 0 Å². The fraction of sp³-hybridized carbons (Fsp3) is 0.400. The van der Waals surface area contributed by atoms with Gasteiger partial charge in [0.25, 0.3) is 0 Å². The number of nitrogens with two attached hydrogens (primary N) is 1. The van der Waals surface area contributed by atoms with Crippen LogP contribution in [-0.2, 0) is 4.74 Å². The lowest BCUT2D eigenvalue weighted by atomic mass is 10.3. The van der Waals surface area contributed by atoms with Crippen LogP contribution in [0.4, 0.5) is 0 Å². The highest BCUT2D eigenvalue weighted by Crippen LogP contribution is 2.21. The number of rotatable bonds is 4. The second-order valence-electron chi connectivity index (χ2n) is 3.07. The number of epoxide rings is 1. The first kappa shape index (κ1) is 8.53. The van der Waals surface area contributed by atoms with Gasteiger partial charge in [-0.1, -0.05) is 18.2 Å². The predicted octanol–water partition coefficient (Wildman–Crippen LogP) is 0.791. The molecule has 2 atom stereocenters. The van der Waals surface area contributed by atoms with Gasteiger partial charge in [-0.2, -0.15) is 0 Å². The Bertz CT molecular complexity index is 263. The number of ether oxygens (including phenoxy) is 2. The van der Waals surface area contributed by atoms with Gasteiger partial charge in [0.1, 0.15) is 18.5 Å². The van der Waals surface area contributed by atoms with Crippen molar-refractivity contribution < 1.29 is 9.47 Å². The highest BCUT2D eigenvalue weighted by Gasteiger charge is 2.37. The monoisotopic (exact) mass is 179 g/mol. The van der Waals surface area contributed by atoms with E-state index in [0.29, 0.717) is 13.2 Å². The van der Waals surface area contributed by atoms with Crippen molar-refractivity contribution in [2.24, 2.45) is 5.73 Å². The van der Waals surface area contributed by atoms with Crippen LogP contribution < -0.4 is 10.5 Å². The highest BCUT2D eigenvalue weighted by molar-refractivity contribution is 5.21. The van der Waals surface area contributed by atoms with E-state index < -0.39 is 0 Å². The fourth-order valence-electron chi connectivity index (χ4n) is 1.23. The molecule has 70 valence electrons. The Hall–Kier alpha value is -1.06. The van der Waals surface area contributed by atoms with E-state index in [4.69, 9.17) is 15.2 Å². The van der Waals surface area contributed by atoms with Crippen LogP contribution in [0, 0.1) is 0 Å². The lowest BCUT2D eigenvalue weighted by Gasteiger charge is -2.02. The zero-order chi connectivity index (χ0) is 9.10. The first-order valence-electron chi connectivity index (χ1n) is 4.43. The van der Waals surface area contributed by atoms with E-state index in [0.717, 1.165) is 5.75 Å². The lowest BCUT2D eigenvalue weighted by Crippen LogP contribution is -2.14. The first-order valence-corrected chi connectivity index (χ1v) is 4.43. The Labute approximate surface area is 77.5 Å². The lowest BCUT2D eigenvalue weighted by molar-refractivity contribution is 0.260. The average molecular weight is 179 g/mol. The summed E-state index contributed by atoms with van der Waals surface area (Å²) in [7, 11) is 0. The zero-order valence-electron chi connectivity index (χ0n) is 7.35. The largest absolute Gasteiger partial charge is 0.491 e. The van der Waals surface area contributed by atoms with Gasteiger partial charge in [-0.15, -0.1) is 0 Å². The summed E-state index contributed by atoms with van der Waals surface area (Å²) in [6.07, 6.45) is 0.411. The molecule has 1 fully saturated rings. The third-order valence-corrected chi connectivity index (χ3v) is 2.08. The van der Waals surface area contributed by atoms with Crippen LogP contribution in [-0.4, -0.2) is 25.4 Å². The number of hydrogen-bond donors (Lipinski definition) is 1. The molecule has 2 unspecified atom stereocenters. The second-order valence-corrected chi connectivity index (χ2v) is 3.07. The van der Waals surface area contributed by atoms with E-state index >= 15 is 0 Å². The minimum atomic E-state index is 0.199. The molecule has 0 radical (unpaired) electrons. The maximum absolute atomic E-state index is 5.48. The summed E-state index contributed by atoms with van der Waals surface area (Å²) in [5, 5.41) is 0. The van der Waals surface area contributed by atoms with Gasteiger partial charge >= 0.3 is 0 Å². The maximum Gasteiger partial charge on any atom is 0.119 e. The molecule has 2 rings (SSSR count). The molecule has 0 spiro atoms. The summed E-state index contributed by atoms with van der Waals surface area (Å²) in [6.45, 7) is 1.19. The molecule has 0 bridgehead atoms. The number of benzene rings is 1. The zero-order valence-corrected chi connectivity index (χ0v) is 7.35. The summed E-state index contributed by atoms with van der Waals surface area (Å²) >= 11 is 0. The van der Waals surface area contributed by atoms with E-state index in [1.165, 1.54) is 0 Å². The van der Waals surface area contributed by atoms with Gasteiger partial charge < -0.3 is 15.2 Å². The van der Waals surface area contributed by atoms with Gasteiger partial charge in [0.2, 0.25) is 0 Å². The van der Waals surface area contributed by atoms with Crippen LogP contribution in [0.1, 0.15) is 0 Å². The molecule has 1 saturated heterocycles. The molecule has 1 aromatic rings. The van der Waals surface area contributed by atoms with Crippen LogP contribution in [0.2, 0.25) is 0 Å². The van der Waals surface area contributed by atoms with Crippen molar-refractivity contribution in [1.29, 1.82) is 0 Å². The Morgan fingerprint density at radius 1 is 1.23 bits per heavy atom. The van der Waals surface area contributed by atoms with E-state index in [2.05, 4.69) is 0 Å². The summed E-state index contributed by atoms with van der Waals surface area (Å²) < 4.78 is 10.7. The normalized spacial score (nSPS) is 25.6. The molecule has 13 heavy (non-hydrogen) atoms. The Morgan fingerprint density at radius 3 is 2.62 bits per heavy atom. The fourth-order valence-corrected chi connectivity index (χ4v) is 1.23. The van der Waals surface area contributed by atoms with Gasteiger partial charge in [0, 0.05) is 6.54 Å². The summed E-state index contributed by atoms with van der Waals surface area (Å²) in [6, 6.07) is 9.72. The van der Waals surface area contributed by atoms with E-state index in [9.17, 15) is 0 Å². The van der Waals surface area contributed by atoms with Crippen molar-refractivity contribution in [3.05, 3.63) is 30.3 Å². The van der Waals surface area contributed by atoms with Crippen molar-refractivity contribution in [2.75, 3.05) is 13.2 Å².